The van der Waals surface area contributed by atoms with Crippen molar-refractivity contribution in [3.8, 4) is 0 Å². The molecule has 1 unspecified atom stereocenters. The van der Waals surface area contributed by atoms with Gasteiger partial charge in [-0.25, -0.2) is 0 Å². The molecule has 0 aromatic heterocycles. The number of alkyl halides is 3. The van der Waals surface area contributed by atoms with Crippen molar-refractivity contribution in [3.63, 3.8) is 0 Å². The van der Waals surface area contributed by atoms with Crippen LogP contribution in [-0.2, 0) is 33.4 Å². The number of Topliss-reactive ketones (excluding diaryl/α,β-unsaturated/α-hetero) is 1. The van der Waals surface area contributed by atoms with Crippen LogP contribution in [0, 0.1) is 0 Å². The number of carbonyl (C=O) groups is 4. The van der Waals surface area contributed by atoms with E-state index in [2.05, 4.69) is 4.74 Å². The average Bonchev–Trinajstić information content (AvgIpc) is 2.76. The van der Waals surface area contributed by atoms with Gasteiger partial charge in [0.25, 0.3) is 0 Å². The summed E-state index contributed by atoms with van der Waals surface area (Å²) in [7, 11) is 1.27. The molecule has 0 aliphatic heterocycles. The summed E-state index contributed by atoms with van der Waals surface area (Å²) in [5.41, 5.74) is -1.15. The molecule has 0 bridgehead atoms. The average molecular weight is 628 g/mol. The molecule has 39 heavy (non-hydrogen) atoms. The number of esters is 3. The third-order valence-corrected chi connectivity index (χ3v) is 4.82. The van der Waals surface area contributed by atoms with E-state index in [1.165, 1.54) is 7.11 Å². The highest BCUT2D eigenvalue weighted by Gasteiger charge is 2.21. The van der Waals surface area contributed by atoms with E-state index in [-0.39, 0.29) is 55.5 Å². The highest BCUT2D eigenvalue weighted by molar-refractivity contribution is 6.18. The molecule has 0 radical (unpaired) electrons. The van der Waals surface area contributed by atoms with Gasteiger partial charge < -0.3 is 34.6 Å². The van der Waals surface area contributed by atoms with E-state index in [0.29, 0.717) is 0 Å². The maximum absolute atomic E-state index is 11.2. The first-order chi connectivity index (χ1) is 17.7. The standard InChI is InChI=1S/C10H19ClO4.C10H17ClO4.C5H9ClO3/c2*1-10(2,3)15-9(14)5-7(12)4-8(13)6-11;1-9-5(8)2-4(7)3-6/h7-8,12-13H,4-6H2,1-3H3;8,13H,4-6H2,1-3H3;4,7H,2-3H2,1H3/t7-,8+;8-;/m10./s1. The Bertz CT molecular complexity index is 706. The minimum atomic E-state index is -0.909. The normalized spacial score (nSPS) is 14.2. The molecule has 0 aromatic carbocycles. The second-order valence-corrected chi connectivity index (χ2v) is 11.3. The predicted octanol–water partition coefficient (Wildman–Crippen LogP) is 2.50. The van der Waals surface area contributed by atoms with Crippen molar-refractivity contribution in [2.45, 2.75) is 109 Å². The van der Waals surface area contributed by atoms with Crippen molar-refractivity contribution in [3.05, 3.63) is 0 Å². The monoisotopic (exact) mass is 626 g/mol. The lowest BCUT2D eigenvalue weighted by Gasteiger charge is -2.21. The molecule has 0 aliphatic rings. The first kappa shape index (κ1) is 42.3. The Hall–Kier alpha value is -1.21. The van der Waals surface area contributed by atoms with Gasteiger partial charge in [-0.3, -0.25) is 19.2 Å². The molecule has 11 nitrogen and oxygen atoms in total. The molecule has 0 saturated carbocycles. The summed E-state index contributed by atoms with van der Waals surface area (Å²) < 4.78 is 14.2. The minimum Gasteiger partial charge on any atom is -0.469 e. The Morgan fingerprint density at radius 2 is 1.00 bits per heavy atom. The fourth-order valence-electron chi connectivity index (χ4n) is 2.29. The van der Waals surface area contributed by atoms with Crippen LogP contribution < -0.4 is 0 Å². The fraction of sp³-hybridized carbons (Fsp3) is 0.840. The van der Waals surface area contributed by atoms with Crippen molar-refractivity contribution >= 4 is 58.5 Å². The van der Waals surface area contributed by atoms with E-state index < -0.39 is 53.5 Å². The zero-order valence-corrected chi connectivity index (χ0v) is 26.0. The number of halogens is 3. The van der Waals surface area contributed by atoms with Crippen LogP contribution in [0.25, 0.3) is 0 Å². The molecule has 0 saturated heterocycles. The summed E-state index contributed by atoms with van der Waals surface area (Å²) in [6, 6.07) is 0. The highest BCUT2D eigenvalue weighted by Crippen LogP contribution is 2.12. The van der Waals surface area contributed by atoms with Gasteiger partial charge in [0.15, 0.2) is 0 Å². The Morgan fingerprint density at radius 1 is 0.615 bits per heavy atom. The first-order valence-corrected chi connectivity index (χ1v) is 13.7. The number of hydrogen-bond acceptors (Lipinski definition) is 11. The van der Waals surface area contributed by atoms with E-state index in [4.69, 9.17) is 59.6 Å². The number of ketones is 1. The highest BCUT2D eigenvalue weighted by atomic mass is 35.5. The predicted molar refractivity (Wildman–Crippen MR) is 148 cm³/mol. The molecular weight excluding hydrogens is 583 g/mol. The Balaban J connectivity index is -0.000000516. The van der Waals surface area contributed by atoms with Crippen LogP contribution in [0.15, 0.2) is 0 Å². The van der Waals surface area contributed by atoms with Crippen molar-refractivity contribution in [1.29, 1.82) is 0 Å². The van der Waals surface area contributed by atoms with Crippen LogP contribution in [0.4, 0.5) is 0 Å². The Labute approximate surface area is 246 Å². The molecule has 0 spiro atoms. The molecule has 0 amide bonds. The fourth-order valence-corrected chi connectivity index (χ4v) is 2.64. The first-order valence-electron chi connectivity index (χ1n) is 12.1. The summed E-state index contributed by atoms with van der Waals surface area (Å²) in [5.74, 6) is -1.76. The van der Waals surface area contributed by atoms with Gasteiger partial charge in [-0.15, -0.1) is 34.8 Å². The van der Waals surface area contributed by atoms with Gasteiger partial charge in [0.1, 0.15) is 23.4 Å². The van der Waals surface area contributed by atoms with Crippen molar-refractivity contribution in [2.75, 3.05) is 24.7 Å². The van der Waals surface area contributed by atoms with Gasteiger partial charge in [0, 0.05) is 30.5 Å². The molecule has 4 atom stereocenters. The molecule has 0 fully saturated rings. The van der Waals surface area contributed by atoms with Crippen LogP contribution in [-0.4, -0.2) is 104 Å². The third-order valence-electron chi connectivity index (χ3n) is 3.76. The summed E-state index contributed by atoms with van der Waals surface area (Å²) in [6.45, 7) is 10.4. The van der Waals surface area contributed by atoms with Gasteiger partial charge >= 0.3 is 17.9 Å². The number of rotatable bonds is 13. The van der Waals surface area contributed by atoms with Crippen LogP contribution >= 0.6 is 34.8 Å². The lowest BCUT2D eigenvalue weighted by molar-refractivity contribution is -0.158. The van der Waals surface area contributed by atoms with E-state index in [1.54, 1.807) is 41.5 Å². The second-order valence-electron chi connectivity index (χ2n) is 10.4. The summed E-state index contributed by atoms with van der Waals surface area (Å²) in [6.07, 6.45) is -3.85. The van der Waals surface area contributed by atoms with Crippen LogP contribution in [0.2, 0.25) is 0 Å². The molecule has 0 aliphatic carbocycles. The number of carbonyl (C=O) groups excluding carboxylic acids is 4. The molecule has 4 N–H and O–H groups in total. The van der Waals surface area contributed by atoms with Gasteiger partial charge in [0.2, 0.25) is 0 Å². The molecule has 232 valence electrons. The largest absolute Gasteiger partial charge is 0.469 e. The number of aliphatic hydroxyl groups excluding tert-OH is 4. The number of methoxy groups -OCH3 is 1. The van der Waals surface area contributed by atoms with Gasteiger partial charge in [0.05, 0.1) is 44.4 Å². The van der Waals surface area contributed by atoms with E-state index >= 15 is 0 Å². The summed E-state index contributed by atoms with van der Waals surface area (Å²) >= 11 is 15.9. The number of aliphatic hydroxyl groups is 4. The third kappa shape index (κ3) is 32.9. The van der Waals surface area contributed by atoms with Gasteiger partial charge in [-0.05, 0) is 41.5 Å². The van der Waals surface area contributed by atoms with Crippen molar-refractivity contribution < 1.29 is 53.8 Å². The molecule has 0 heterocycles. The van der Waals surface area contributed by atoms with E-state index in [0.717, 1.165) is 0 Å². The second kappa shape index (κ2) is 22.5. The number of hydrogen-bond donors (Lipinski definition) is 4. The lowest BCUT2D eigenvalue weighted by atomic mass is 10.1. The summed E-state index contributed by atoms with van der Waals surface area (Å²) in [4.78, 5) is 44.0. The van der Waals surface area contributed by atoms with E-state index in [9.17, 15) is 24.3 Å². The quantitative estimate of drug-likeness (QED) is 0.102. The molecule has 14 heteroatoms. The molecule has 0 rings (SSSR count). The van der Waals surface area contributed by atoms with E-state index in [1.807, 2.05) is 0 Å². The molecular formula is C25H45Cl3O11. The van der Waals surface area contributed by atoms with Crippen LogP contribution in [0.3, 0.4) is 0 Å². The lowest BCUT2D eigenvalue weighted by Crippen LogP contribution is -2.28. The van der Waals surface area contributed by atoms with Crippen LogP contribution in [0.1, 0.15) is 73.6 Å². The summed E-state index contributed by atoms with van der Waals surface area (Å²) in [5, 5.41) is 36.3. The molecule has 0 aromatic rings. The van der Waals surface area contributed by atoms with Crippen molar-refractivity contribution in [1.82, 2.24) is 0 Å². The SMILES string of the molecule is CC(C)(C)OC(=O)CC(=O)C[C@H](O)CCl.CC(C)(C)OC(=O)C[C@H](O)C[C@H](O)CCl.COC(=O)CC(O)CCl. The van der Waals surface area contributed by atoms with Crippen LogP contribution in [0.5, 0.6) is 0 Å². The maximum Gasteiger partial charge on any atom is 0.313 e. The maximum atomic E-state index is 11.2. The zero-order chi connectivity index (χ0) is 31.4. The zero-order valence-electron chi connectivity index (χ0n) is 23.7. The number of ether oxygens (including phenoxy) is 3. The van der Waals surface area contributed by atoms with Crippen molar-refractivity contribution in [2.24, 2.45) is 0 Å². The minimum absolute atomic E-state index is 0.0138. The van der Waals surface area contributed by atoms with Gasteiger partial charge in [-0.2, -0.15) is 0 Å². The topological polar surface area (TPSA) is 177 Å². The Morgan fingerprint density at radius 3 is 1.38 bits per heavy atom. The smallest absolute Gasteiger partial charge is 0.313 e. The van der Waals surface area contributed by atoms with Gasteiger partial charge in [-0.1, -0.05) is 0 Å². The Kier molecular flexibility index (Phi) is 24.4.